The summed E-state index contributed by atoms with van der Waals surface area (Å²) >= 11 is 0. The minimum atomic E-state index is -1.28. The number of Topliss-reactive ketones (excluding diaryl/α,β-unsaturated/α-hetero) is 1. The lowest BCUT2D eigenvalue weighted by atomic mass is 9.91. The maximum Gasteiger partial charge on any atom is 0.268 e. The SMILES string of the molecule is COCC(=O)[C@@H](NC(=O)c1ccc(C#CC#Cc2ccc(C=O)cc2)cc1)[C@@H](C)OC(C)(C)C.C[C@@H](O)[C@H](NC(=O)c1ccc(C#CC#Cc2ccc(CN3CCOCC3)cc2)cc1)C(=O)NO.O=CC1CCCCC1. The van der Waals surface area contributed by atoms with Gasteiger partial charge in [0, 0.05) is 71.6 Å². The van der Waals surface area contributed by atoms with E-state index in [2.05, 4.69) is 75.0 Å². The van der Waals surface area contributed by atoms with E-state index in [1.807, 2.05) is 32.9 Å². The van der Waals surface area contributed by atoms with Crippen molar-refractivity contribution in [2.45, 2.75) is 103 Å². The second-order valence-electron chi connectivity index (χ2n) is 19.0. The highest BCUT2D eigenvalue weighted by Gasteiger charge is 2.31. The minimum absolute atomic E-state index is 0.125. The monoisotopic (exact) mass is 1030 g/mol. The molecule has 0 spiro atoms. The summed E-state index contributed by atoms with van der Waals surface area (Å²) in [7, 11) is 1.43. The standard InChI is InChI=1S/C28H29NO5.C26H27N3O5.C7H12O/c1-20(34-28(2,3)4)26(25(31)19-33-5)29-27(32)24-16-14-22(15-17-24)9-7-6-8-21-10-12-23(18-30)13-11-21;1-19(30)24(26(32)28-33)27-25(31)23-12-10-21(11-13-23)5-3-2-4-20-6-8-22(9-7-20)18-29-14-16-34-17-15-29;8-6-7-4-2-1-3-5-7/h10-18,20,26H,19H2,1-5H3,(H,29,32);6-13,19,24,30,33H,14-18H2,1H3,(H,27,31)(H,28,32);6-7H,1-5H2/t20-,26+;19-,24+;/m11./s1. The Balaban J connectivity index is 0.000000286. The summed E-state index contributed by atoms with van der Waals surface area (Å²) < 4.78 is 16.2. The van der Waals surface area contributed by atoms with Crippen LogP contribution in [-0.2, 0) is 35.1 Å². The van der Waals surface area contributed by atoms with Gasteiger partial charge in [-0.3, -0.25) is 34.1 Å². The highest BCUT2D eigenvalue weighted by molar-refractivity contribution is 5.99. The van der Waals surface area contributed by atoms with Crippen molar-refractivity contribution >= 4 is 36.1 Å². The molecule has 0 aromatic heterocycles. The first-order valence-electron chi connectivity index (χ1n) is 25.1. The van der Waals surface area contributed by atoms with E-state index in [0.717, 1.165) is 69.4 Å². The Hall–Kier alpha value is -7.70. The van der Waals surface area contributed by atoms with Crippen LogP contribution >= 0.6 is 0 Å². The van der Waals surface area contributed by atoms with E-state index >= 15 is 0 Å². The van der Waals surface area contributed by atoms with Crippen LogP contribution in [-0.4, -0.2) is 121 Å². The van der Waals surface area contributed by atoms with Crippen LogP contribution in [0.25, 0.3) is 0 Å². The van der Waals surface area contributed by atoms with E-state index in [9.17, 15) is 33.9 Å². The second-order valence-corrected chi connectivity index (χ2v) is 19.0. The number of amides is 3. The molecule has 1 saturated carbocycles. The van der Waals surface area contributed by atoms with Crippen molar-refractivity contribution in [3.63, 3.8) is 0 Å². The largest absolute Gasteiger partial charge is 0.391 e. The van der Waals surface area contributed by atoms with E-state index in [4.69, 9.17) is 19.4 Å². The third kappa shape index (κ3) is 22.4. The van der Waals surface area contributed by atoms with E-state index in [0.29, 0.717) is 28.2 Å². The van der Waals surface area contributed by atoms with Crippen LogP contribution in [0.5, 0.6) is 0 Å². The maximum absolute atomic E-state index is 12.8. The molecule has 2 fully saturated rings. The van der Waals surface area contributed by atoms with Crippen molar-refractivity contribution in [3.8, 4) is 47.4 Å². The zero-order valence-electron chi connectivity index (χ0n) is 44.1. The Labute approximate surface area is 446 Å². The molecule has 3 amide bonds. The summed E-state index contributed by atoms with van der Waals surface area (Å²) in [6.07, 6.45) is 6.33. The molecule has 15 nitrogen and oxygen atoms in total. The maximum atomic E-state index is 12.8. The lowest BCUT2D eigenvalue weighted by molar-refractivity contribution is -0.133. The number of carbonyl (C=O) groups excluding carboxylic acids is 6. The molecule has 1 saturated heterocycles. The van der Waals surface area contributed by atoms with Crippen molar-refractivity contribution in [2.24, 2.45) is 5.92 Å². The van der Waals surface area contributed by atoms with Crippen molar-refractivity contribution in [1.82, 2.24) is 21.0 Å². The predicted octanol–water partition coefficient (Wildman–Crippen LogP) is 6.09. The molecule has 4 aromatic rings. The van der Waals surface area contributed by atoms with E-state index in [1.54, 1.807) is 79.7 Å². The fraction of sp³-hybridized carbons (Fsp3) is 0.377. The summed E-state index contributed by atoms with van der Waals surface area (Å²) in [5, 5.41) is 23.5. The van der Waals surface area contributed by atoms with Gasteiger partial charge >= 0.3 is 0 Å². The number of hydroxylamine groups is 1. The third-order valence-electron chi connectivity index (χ3n) is 11.7. The topological polar surface area (TPSA) is 210 Å². The van der Waals surface area contributed by atoms with Crippen molar-refractivity contribution in [3.05, 3.63) is 142 Å². The number of aliphatic hydroxyl groups excluding tert-OH is 1. The Kier molecular flexibility index (Phi) is 26.1. The highest BCUT2D eigenvalue weighted by Crippen LogP contribution is 2.21. The molecule has 2 aliphatic rings. The molecule has 4 atom stereocenters. The molecule has 1 aliphatic heterocycles. The molecule has 76 heavy (non-hydrogen) atoms. The van der Waals surface area contributed by atoms with E-state index < -0.39 is 47.6 Å². The molecular weight excluding hydrogens is 965 g/mol. The average Bonchev–Trinajstić information content (AvgIpc) is 3.42. The molecule has 4 aromatic carbocycles. The van der Waals surface area contributed by atoms with Crippen LogP contribution in [0.3, 0.4) is 0 Å². The number of nitrogens with zero attached hydrogens (tertiary/aromatic N) is 1. The molecule has 1 aliphatic carbocycles. The van der Waals surface area contributed by atoms with Gasteiger partial charge in [-0.05, 0) is 150 Å². The van der Waals surface area contributed by atoms with E-state index in [1.165, 1.54) is 44.3 Å². The van der Waals surface area contributed by atoms with Gasteiger partial charge in [0.05, 0.1) is 31.0 Å². The van der Waals surface area contributed by atoms with E-state index in [-0.39, 0.29) is 18.0 Å². The molecule has 15 heteroatoms. The summed E-state index contributed by atoms with van der Waals surface area (Å²) in [6, 6.07) is 26.0. The van der Waals surface area contributed by atoms with Crippen molar-refractivity contribution in [1.29, 1.82) is 0 Å². The summed E-state index contributed by atoms with van der Waals surface area (Å²) in [4.78, 5) is 72.3. The zero-order chi connectivity index (χ0) is 55.3. The van der Waals surface area contributed by atoms with Gasteiger partial charge in [0.2, 0.25) is 0 Å². The third-order valence-corrected chi connectivity index (χ3v) is 11.7. The number of nitrogens with one attached hydrogen (secondary N) is 3. The first-order chi connectivity index (χ1) is 36.5. The summed E-state index contributed by atoms with van der Waals surface area (Å²) in [5.74, 6) is 21.2. The van der Waals surface area contributed by atoms with Crippen LogP contribution in [0.15, 0.2) is 97.1 Å². The minimum Gasteiger partial charge on any atom is -0.391 e. The van der Waals surface area contributed by atoms with Crippen LogP contribution in [0.1, 0.15) is 126 Å². The fourth-order valence-corrected chi connectivity index (χ4v) is 7.69. The Morgan fingerprint density at radius 2 is 1.14 bits per heavy atom. The normalized spacial score (nSPS) is 14.6. The number of benzene rings is 4. The van der Waals surface area contributed by atoms with Crippen LogP contribution in [0, 0.1) is 53.3 Å². The number of rotatable bonds is 15. The number of carbonyl (C=O) groups is 6. The summed E-state index contributed by atoms with van der Waals surface area (Å²) in [5.41, 5.74) is 6.45. The van der Waals surface area contributed by atoms with Gasteiger partial charge < -0.3 is 34.7 Å². The number of aliphatic hydroxyl groups is 1. The van der Waals surface area contributed by atoms with Gasteiger partial charge in [-0.1, -0.05) is 67.2 Å². The van der Waals surface area contributed by atoms with Gasteiger partial charge in [-0.2, -0.15) is 0 Å². The van der Waals surface area contributed by atoms with Crippen molar-refractivity contribution < 1.29 is 53.3 Å². The van der Waals surface area contributed by atoms with Crippen LogP contribution in [0.4, 0.5) is 0 Å². The molecule has 6 rings (SSSR count). The number of ether oxygens (including phenoxy) is 3. The first-order valence-corrected chi connectivity index (χ1v) is 25.1. The quantitative estimate of drug-likeness (QED) is 0.0397. The van der Waals surface area contributed by atoms with Gasteiger partial charge in [0.15, 0.2) is 5.78 Å². The van der Waals surface area contributed by atoms with Gasteiger partial charge in [-0.15, -0.1) is 0 Å². The van der Waals surface area contributed by atoms with Crippen LogP contribution in [0.2, 0.25) is 0 Å². The van der Waals surface area contributed by atoms with Gasteiger partial charge in [-0.25, -0.2) is 5.48 Å². The molecule has 1 heterocycles. The van der Waals surface area contributed by atoms with Gasteiger partial charge in [0.1, 0.15) is 31.3 Å². The Morgan fingerprint density at radius 3 is 1.54 bits per heavy atom. The molecular formula is C61H68N4O11. The molecule has 0 bridgehead atoms. The average molecular weight is 1030 g/mol. The lowest BCUT2D eigenvalue weighted by Gasteiger charge is -2.30. The number of methoxy groups -OCH3 is 1. The highest BCUT2D eigenvalue weighted by atomic mass is 16.5. The Bertz CT molecular complexity index is 2780. The molecule has 0 unspecified atom stereocenters. The first kappa shape index (κ1) is 60.9. The smallest absolute Gasteiger partial charge is 0.268 e. The number of hydrogen-bond acceptors (Lipinski definition) is 12. The lowest BCUT2D eigenvalue weighted by Crippen LogP contribution is -2.51. The number of ketones is 1. The zero-order valence-corrected chi connectivity index (χ0v) is 44.1. The number of aldehydes is 2. The van der Waals surface area contributed by atoms with Gasteiger partial charge in [0.25, 0.3) is 17.7 Å². The fourth-order valence-electron chi connectivity index (χ4n) is 7.69. The van der Waals surface area contributed by atoms with Crippen molar-refractivity contribution in [2.75, 3.05) is 40.0 Å². The predicted molar refractivity (Wildman–Crippen MR) is 289 cm³/mol. The number of morpholine rings is 1. The van der Waals surface area contributed by atoms with Crippen LogP contribution < -0.4 is 16.1 Å². The number of hydrogen-bond donors (Lipinski definition) is 5. The molecule has 5 N–H and O–H groups in total. The molecule has 398 valence electrons. The summed E-state index contributed by atoms with van der Waals surface area (Å²) in [6.45, 7) is 13.0. The Morgan fingerprint density at radius 1 is 0.697 bits per heavy atom. The second kappa shape index (κ2) is 32.6. The molecule has 0 radical (unpaired) electrons.